The van der Waals surface area contributed by atoms with Gasteiger partial charge in [0.15, 0.2) is 5.78 Å². The van der Waals surface area contributed by atoms with Gasteiger partial charge >= 0.3 is 0 Å². The number of fused-ring (bicyclic) bond motifs is 1. The lowest BCUT2D eigenvalue weighted by atomic mass is 9.84. The Hall–Kier alpha value is -0.150. The van der Waals surface area contributed by atoms with E-state index < -0.39 is 0 Å². The fourth-order valence-corrected chi connectivity index (χ4v) is 2.50. The smallest absolute Gasteiger partial charge is 0.173 e. The van der Waals surface area contributed by atoms with Crippen LogP contribution in [-0.4, -0.2) is 11.1 Å². The zero-order valence-electron chi connectivity index (χ0n) is 6.94. The molecule has 0 fully saturated rings. The lowest BCUT2D eigenvalue weighted by Gasteiger charge is -2.23. The predicted molar refractivity (Wildman–Crippen MR) is 59.7 cm³/mol. The van der Waals surface area contributed by atoms with Gasteiger partial charge in [-0.3, -0.25) is 4.79 Å². The molecule has 1 aromatic rings. The first kappa shape index (κ1) is 9.41. The molecule has 0 atom stereocenters. The molecule has 3 heteroatoms. The minimum absolute atomic E-state index is 0.184. The summed E-state index contributed by atoms with van der Waals surface area (Å²) in [6.07, 6.45) is 2.14. The minimum Gasteiger partial charge on any atom is -0.293 e. The van der Waals surface area contributed by atoms with Crippen molar-refractivity contribution >= 4 is 37.6 Å². The third kappa shape index (κ3) is 1.48. The van der Waals surface area contributed by atoms with E-state index in [4.69, 9.17) is 0 Å². The van der Waals surface area contributed by atoms with Crippen LogP contribution in [0, 0.1) is 0 Å². The van der Waals surface area contributed by atoms with E-state index in [-0.39, 0.29) is 5.78 Å². The molecule has 0 unspecified atom stereocenters. The normalized spacial score (nSPS) is 13.4. The number of alkyl halides is 1. The Kier molecular flexibility index (Phi) is 2.56. The van der Waals surface area contributed by atoms with Gasteiger partial charge in [-0.25, -0.2) is 0 Å². The van der Waals surface area contributed by atoms with Crippen LogP contribution in [0.25, 0.3) is 0 Å². The molecular weight excluding hydrogens is 296 g/mol. The molecule has 2 rings (SSSR count). The molecule has 0 aliphatic heterocycles. The van der Waals surface area contributed by atoms with Crippen molar-refractivity contribution in [3.05, 3.63) is 33.3 Å². The highest BCUT2D eigenvalue weighted by Gasteiger charge is 2.22. The van der Waals surface area contributed by atoms with Gasteiger partial charge in [0.05, 0.1) is 5.33 Å². The molecule has 13 heavy (non-hydrogen) atoms. The molecule has 0 saturated heterocycles. The first-order valence-corrected chi connectivity index (χ1v) is 6.05. The number of carbonyl (C=O) groups excluding carboxylic acids is 1. The summed E-state index contributed by atoms with van der Waals surface area (Å²) in [6.45, 7) is 0. The van der Waals surface area contributed by atoms with Crippen molar-refractivity contribution in [2.24, 2.45) is 0 Å². The quantitative estimate of drug-likeness (QED) is 0.606. The third-order valence-electron chi connectivity index (χ3n) is 2.42. The van der Waals surface area contributed by atoms with E-state index in [2.05, 4.69) is 31.9 Å². The van der Waals surface area contributed by atoms with E-state index >= 15 is 0 Å². The van der Waals surface area contributed by atoms with Gasteiger partial charge in [-0.2, -0.15) is 0 Å². The third-order valence-corrected chi connectivity index (χ3v) is 3.67. The van der Waals surface area contributed by atoms with Crippen molar-refractivity contribution < 1.29 is 4.79 Å². The predicted octanol–water partition coefficient (Wildman–Crippen LogP) is 3.13. The summed E-state index contributed by atoms with van der Waals surface area (Å²) in [4.78, 5) is 11.5. The first-order valence-electron chi connectivity index (χ1n) is 4.13. The number of hydrogen-bond acceptors (Lipinski definition) is 1. The molecule has 0 bridgehead atoms. The van der Waals surface area contributed by atoms with Crippen LogP contribution in [0.15, 0.2) is 16.6 Å². The molecule has 1 aliphatic carbocycles. The zero-order valence-corrected chi connectivity index (χ0v) is 10.1. The van der Waals surface area contributed by atoms with Crippen LogP contribution in [0.1, 0.15) is 21.5 Å². The molecule has 0 heterocycles. The fourth-order valence-electron chi connectivity index (χ4n) is 1.63. The van der Waals surface area contributed by atoms with Crippen LogP contribution in [0.4, 0.5) is 0 Å². The summed E-state index contributed by atoms with van der Waals surface area (Å²) in [5.74, 6) is 0.184. The summed E-state index contributed by atoms with van der Waals surface area (Å²) in [7, 11) is 0. The highest BCUT2D eigenvalue weighted by molar-refractivity contribution is 9.10. The van der Waals surface area contributed by atoms with E-state index in [0.29, 0.717) is 5.33 Å². The van der Waals surface area contributed by atoms with Gasteiger partial charge in [0.25, 0.3) is 0 Å². The largest absolute Gasteiger partial charge is 0.293 e. The number of hydrogen-bond donors (Lipinski definition) is 0. The van der Waals surface area contributed by atoms with E-state index in [1.807, 2.05) is 12.1 Å². The highest BCUT2D eigenvalue weighted by Crippen LogP contribution is 2.33. The van der Waals surface area contributed by atoms with Gasteiger partial charge < -0.3 is 0 Å². The second-order valence-corrected chi connectivity index (χ2v) is 4.52. The molecule has 0 saturated carbocycles. The molecule has 0 amide bonds. The maximum Gasteiger partial charge on any atom is 0.173 e. The van der Waals surface area contributed by atoms with Gasteiger partial charge in [-0.05, 0) is 36.1 Å². The van der Waals surface area contributed by atoms with Crippen molar-refractivity contribution in [2.75, 3.05) is 5.33 Å². The Morgan fingerprint density at radius 2 is 2.00 bits per heavy atom. The molecule has 1 aromatic carbocycles. The van der Waals surface area contributed by atoms with Gasteiger partial charge in [0.2, 0.25) is 0 Å². The average molecular weight is 304 g/mol. The molecule has 1 nitrogen and oxygen atoms in total. The fraction of sp³-hybridized carbons (Fsp3) is 0.300. The van der Waals surface area contributed by atoms with Crippen LogP contribution < -0.4 is 0 Å². The van der Waals surface area contributed by atoms with Crippen molar-refractivity contribution in [1.82, 2.24) is 0 Å². The molecule has 68 valence electrons. The number of rotatable bonds is 2. The number of halogens is 2. The van der Waals surface area contributed by atoms with E-state index in [9.17, 15) is 4.79 Å². The van der Waals surface area contributed by atoms with Crippen molar-refractivity contribution in [2.45, 2.75) is 12.8 Å². The highest BCUT2D eigenvalue weighted by atomic mass is 79.9. The van der Waals surface area contributed by atoms with Gasteiger partial charge in [-0.15, -0.1) is 0 Å². The van der Waals surface area contributed by atoms with Gasteiger partial charge in [0.1, 0.15) is 0 Å². The van der Waals surface area contributed by atoms with Crippen molar-refractivity contribution in [1.29, 1.82) is 0 Å². The van der Waals surface area contributed by atoms with Crippen LogP contribution in [0.3, 0.4) is 0 Å². The zero-order chi connectivity index (χ0) is 9.42. The Bertz CT molecular complexity index is 371. The maximum absolute atomic E-state index is 11.5. The lowest BCUT2D eigenvalue weighted by Crippen LogP contribution is -2.16. The lowest BCUT2D eigenvalue weighted by molar-refractivity contribution is 0.102. The second kappa shape index (κ2) is 3.54. The van der Waals surface area contributed by atoms with Crippen LogP contribution >= 0.6 is 31.9 Å². The van der Waals surface area contributed by atoms with E-state index in [1.54, 1.807) is 0 Å². The topological polar surface area (TPSA) is 17.1 Å². The Balaban J connectivity index is 2.50. The first-order chi connectivity index (χ1) is 6.24. The standard InChI is InChI=1S/C10H8Br2O/c11-5-10(13)8-3-4-9(12)7-2-1-6(7)8/h3-4H,1-2,5H2. The average Bonchev–Trinajstić information content (AvgIpc) is 2.06. The molecule has 0 spiro atoms. The molecule has 0 radical (unpaired) electrons. The van der Waals surface area contributed by atoms with Gasteiger partial charge in [0, 0.05) is 10.0 Å². The SMILES string of the molecule is O=C(CBr)c1ccc(Br)c2c1CC2. The summed E-state index contributed by atoms with van der Waals surface area (Å²) < 4.78 is 1.14. The Labute approximate surface area is 93.8 Å². The summed E-state index contributed by atoms with van der Waals surface area (Å²) in [5, 5.41) is 0.418. The molecule has 1 aliphatic rings. The Morgan fingerprint density at radius 3 is 2.54 bits per heavy atom. The number of ketones is 1. The minimum atomic E-state index is 0.184. The molecular formula is C10H8Br2O. The second-order valence-electron chi connectivity index (χ2n) is 3.11. The van der Waals surface area contributed by atoms with Gasteiger partial charge in [-0.1, -0.05) is 31.9 Å². The van der Waals surface area contributed by atoms with Crippen LogP contribution in [-0.2, 0) is 12.8 Å². The monoisotopic (exact) mass is 302 g/mol. The summed E-state index contributed by atoms with van der Waals surface area (Å²) in [6, 6.07) is 3.87. The van der Waals surface area contributed by atoms with Crippen molar-refractivity contribution in [3.63, 3.8) is 0 Å². The van der Waals surface area contributed by atoms with Crippen molar-refractivity contribution in [3.8, 4) is 0 Å². The molecule has 0 N–H and O–H groups in total. The number of carbonyl (C=O) groups is 1. The number of Topliss-reactive ketones (excluding diaryl/α,β-unsaturated/α-hetero) is 1. The van der Waals surface area contributed by atoms with E-state index in [1.165, 1.54) is 11.1 Å². The Morgan fingerprint density at radius 1 is 1.31 bits per heavy atom. The summed E-state index contributed by atoms with van der Waals surface area (Å²) >= 11 is 6.67. The maximum atomic E-state index is 11.5. The number of benzene rings is 1. The summed E-state index contributed by atoms with van der Waals surface area (Å²) in [5.41, 5.74) is 3.44. The molecule has 0 aromatic heterocycles. The van der Waals surface area contributed by atoms with Crippen LogP contribution in [0.2, 0.25) is 0 Å². The van der Waals surface area contributed by atoms with E-state index in [0.717, 1.165) is 22.9 Å². The van der Waals surface area contributed by atoms with Crippen LogP contribution in [0.5, 0.6) is 0 Å².